The van der Waals surface area contributed by atoms with Crippen molar-refractivity contribution < 1.29 is 14.4 Å². The van der Waals surface area contributed by atoms with Gasteiger partial charge in [-0.25, -0.2) is 15.3 Å². The van der Waals surface area contributed by atoms with Crippen LogP contribution in [0, 0.1) is 0 Å². The number of nitrogens with one attached hydrogen (secondary N) is 3. The fraction of sp³-hybridized carbons (Fsp3) is 0.250. The van der Waals surface area contributed by atoms with Crippen molar-refractivity contribution in [2.24, 2.45) is 10.3 Å². The number of imidazole rings is 1. The Morgan fingerprint density at radius 2 is 1.94 bits per heavy atom. The van der Waals surface area contributed by atoms with Crippen molar-refractivity contribution in [1.29, 1.82) is 0 Å². The van der Waals surface area contributed by atoms with Gasteiger partial charge in [0.15, 0.2) is 16.7 Å². The lowest BCUT2D eigenvalue weighted by molar-refractivity contribution is -0.0297. The van der Waals surface area contributed by atoms with E-state index in [4.69, 9.17) is 16.3 Å². The van der Waals surface area contributed by atoms with Crippen molar-refractivity contribution >= 4 is 30.1 Å². The number of amidine groups is 1. The number of hydrogen-bond donors (Lipinski definition) is 3. The molecule has 4 rings (SSSR count). The molecule has 1 aliphatic rings. The van der Waals surface area contributed by atoms with E-state index in [1.165, 1.54) is 0 Å². The molecular weight excluding hydrogens is 470 g/mol. The topological polar surface area (TPSA) is 114 Å². The minimum absolute atomic E-state index is 0.102. The summed E-state index contributed by atoms with van der Waals surface area (Å²) in [6.45, 7) is 5.35. The van der Waals surface area contributed by atoms with Gasteiger partial charge in [-0.1, -0.05) is 78.6 Å². The number of hydrazone groups is 1. The third-order valence-corrected chi connectivity index (χ3v) is 5.74. The number of oxime groups is 1. The second-order valence-corrected chi connectivity index (χ2v) is 8.09. The Kier molecular flexibility index (Phi) is 7.96. The van der Waals surface area contributed by atoms with Gasteiger partial charge in [0.1, 0.15) is 5.82 Å². The standard InChI is InChI=1S/C24H26ClN7O3/c1-3-4-9-20-27-22(25)21(24(33)34-15-35-26-2)32(20)14-16-10-12-17(13-11-16)18-7-5-6-8-19(18)23-28-30-31-29-23/h5-8,10-13,30-31H,2-4,9,14-15H2,1H3,(H,28,29). The molecule has 1 aliphatic heterocycles. The molecule has 1 aromatic heterocycles. The first-order chi connectivity index (χ1) is 17.1. The van der Waals surface area contributed by atoms with Gasteiger partial charge in [0, 0.05) is 25.2 Å². The van der Waals surface area contributed by atoms with E-state index in [1.54, 1.807) is 4.57 Å². The summed E-state index contributed by atoms with van der Waals surface area (Å²) in [6, 6.07) is 16.1. The van der Waals surface area contributed by atoms with E-state index in [-0.39, 0.29) is 17.6 Å². The van der Waals surface area contributed by atoms with Crippen LogP contribution in [0.5, 0.6) is 0 Å². The number of ether oxygens (including phenoxy) is 1. The van der Waals surface area contributed by atoms with Crippen molar-refractivity contribution in [2.45, 2.75) is 32.7 Å². The second-order valence-electron chi connectivity index (χ2n) is 7.73. The minimum atomic E-state index is -0.633. The van der Waals surface area contributed by atoms with Crippen LogP contribution >= 0.6 is 11.6 Å². The first-order valence-electron chi connectivity index (χ1n) is 11.1. The molecule has 0 atom stereocenters. The zero-order valence-electron chi connectivity index (χ0n) is 19.3. The second kappa shape index (κ2) is 11.5. The Morgan fingerprint density at radius 3 is 2.63 bits per heavy atom. The van der Waals surface area contributed by atoms with Gasteiger partial charge in [0.25, 0.3) is 6.79 Å². The van der Waals surface area contributed by atoms with Gasteiger partial charge in [0.05, 0.1) is 0 Å². The highest BCUT2D eigenvalue weighted by Crippen LogP contribution is 2.26. The normalized spacial score (nSPS) is 12.5. The van der Waals surface area contributed by atoms with Crippen LogP contribution in [0.25, 0.3) is 11.1 Å². The molecule has 182 valence electrons. The smallest absolute Gasteiger partial charge is 0.361 e. The highest BCUT2D eigenvalue weighted by atomic mass is 35.5. The van der Waals surface area contributed by atoms with Crippen molar-refractivity contribution in [1.82, 2.24) is 26.0 Å². The van der Waals surface area contributed by atoms with Crippen molar-refractivity contribution in [2.75, 3.05) is 6.79 Å². The summed E-state index contributed by atoms with van der Waals surface area (Å²) in [6.07, 6.45) is 2.60. The number of esters is 1. The number of hydrogen-bond acceptors (Lipinski definition) is 9. The third kappa shape index (κ3) is 5.61. The molecule has 0 unspecified atom stereocenters. The Morgan fingerprint density at radius 1 is 1.17 bits per heavy atom. The van der Waals surface area contributed by atoms with Crippen LogP contribution in [0.1, 0.15) is 47.2 Å². The van der Waals surface area contributed by atoms with E-state index < -0.39 is 5.97 Å². The van der Waals surface area contributed by atoms with Gasteiger partial charge >= 0.3 is 5.97 Å². The predicted octanol–water partition coefficient (Wildman–Crippen LogP) is 3.61. The molecular formula is C24H26ClN7O3. The average molecular weight is 496 g/mol. The highest BCUT2D eigenvalue weighted by molar-refractivity contribution is 6.32. The number of unbranched alkanes of at least 4 members (excludes halogenated alkanes) is 1. The van der Waals surface area contributed by atoms with Crippen LogP contribution < -0.4 is 16.5 Å². The molecule has 0 saturated heterocycles. The van der Waals surface area contributed by atoms with Gasteiger partial charge in [-0.2, -0.15) is 0 Å². The van der Waals surface area contributed by atoms with E-state index in [1.807, 2.05) is 48.5 Å². The maximum atomic E-state index is 12.7. The number of nitrogens with zero attached hydrogens (tertiary/aromatic N) is 4. The SMILES string of the molecule is C=NOCOC(=O)c1c(Cl)nc(CCCC)n1Cc1ccc(-c2ccccc2C2=NNNN2)cc1. The van der Waals surface area contributed by atoms with E-state index in [0.29, 0.717) is 18.8 Å². The minimum Gasteiger partial charge on any atom is -0.421 e. The van der Waals surface area contributed by atoms with E-state index in [9.17, 15) is 4.79 Å². The lowest BCUT2D eigenvalue weighted by Crippen LogP contribution is -2.35. The van der Waals surface area contributed by atoms with E-state index in [0.717, 1.165) is 40.9 Å². The molecule has 10 nitrogen and oxygen atoms in total. The van der Waals surface area contributed by atoms with Crippen molar-refractivity contribution in [3.05, 3.63) is 76.3 Å². The lowest BCUT2D eigenvalue weighted by atomic mass is 9.98. The molecule has 0 aliphatic carbocycles. The van der Waals surface area contributed by atoms with Crippen LogP contribution in [-0.4, -0.2) is 34.9 Å². The van der Waals surface area contributed by atoms with E-state index in [2.05, 4.69) is 50.2 Å². The summed E-state index contributed by atoms with van der Waals surface area (Å²) in [5, 5.41) is 7.54. The molecule has 2 heterocycles. The maximum Gasteiger partial charge on any atom is 0.361 e. The monoisotopic (exact) mass is 495 g/mol. The summed E-state index contributed by atoms with van der Waals surface area (Å²) in [4.78, 5) is 21.8. The average Bonchev–Trinajstić information content (AvgIpc) is 3.51. The summed E-state index contributed by atoms with van der Waals surface area (Å²) in [7, 11) is 0. The molecule has 0 amide bonds. The summed E-state index contributed by atoms with van der Waals surface area (Å²) in [5.74, 6) is 0.801. The Balaban J connectivity index is 1.61. The van der Waals surface area contributed by atoms with Crippen LogP contribution in [0.3, 0.4) is 0 Å². The summed E-state index contributed by atoms with van der Waals surface area (Å²) < 4.78 is 6.92. The molecule has 0 bridgehead atoms. The molecule has 3 aromatic rings. The lowest BCUT2D eigenvalue weighted by Gasteiger charge is -2.13. The predicted molar refractivity (Wildman–Crippen MR) is 134 cm³/mol. The molecule has 0 saturated carbocycles. The number of halogens is 1. The molecule has 0 spiro atoms. The Labute approximate surface area is 207 Å². The molecule has 3 N–H and O–H groups in total. The molecule has 11 heteroatoms. The fourth-order valence-electron chi connectivity index (χ4n) is 3.78. The van der Waals surface area contributed by atoms with Gasteiger partial charge in [-0.15, -0.1) is 10.6 Å². The van der Waals surface area contributed by atoms with Crippen LogP contribution in [0.2, 0.25) is 5.15 Å². The fourth-order valence-corrected chi connectivity index (χ4v) is 4.06. The number of carbonyl (C=O) groups excluding carboxylic acids is 1. The third-order valence-electron chi connectivity index (χ3n) is 5.48. The Bertz CT molecular complexity index is 1220. The largest absolute Gasteiger partial charge is 0.421 e. The van der Waals surface area contributed by atoms with Crippen LogP contribution in [0.4, 0.5) is 0 Å². The number of rotatable bonds is 11. The first-order valence-corrected chi connectivity index (χ1v) is 11.5. The maximum absolute atomic E-state index is 12.7. The molecule has 35 heavy (non-hydrogen) atoms. The molecule has 0 fully saturated rings. The molecule has 0 radical (unpaired) electrons. The van der Waals surface area contributed by atoms with E-state index >= 15 is 0 Å². The van der Waals surface area contributed by atoms with Gasteiger partial charge in [-0.05, 0) is 23.1 Å². The zero-order chi connectivity index (χ0) is 24.6. The van der Waals surface area contributed by atoms with Crippen molar-refractivity contribution in [3.63, 3.8) is 0 Å². The number of benzene rings is 2. The number of aryl methyl sites for hydroxylation is 1. The van der Waals surface area contributed by atoms with Crippen molar-refractivity contribution in [3.8, 4) is 11.1 Å². The first kappa shape index (κ1) is 24.2. The summed E-state index contributed by atoms with van der Waals surface area (Å²) in [5.41, 5.74) is 12.6. The summed E-state index contributed by atoms with van der Waals surface area (Å²) >= 11 is 6.35. The van der Waals surface area contributed by atoms with Gasteiger partial charge in [0.2, 0.25) is 0 Å². The number of hydrazine groups is 2. The zero-order valence-corrected chi connectivity index (χ0v) is 20.0. The Hall–Kier alpha value is -3.89. The number of carbonyl (C=O) groups is 1. The highest BCUT2D eigenvalue weighted by Gasteiger charge is 2.24. The quantitative estimate of drug-likeness (QED) is 0.122. The number of aromatic nitrogens is 2. The van der Waals surface area contributed by atoms with Gasteiger partial charge < -0.3 is 14.1 Å². The molecule has 2 aromatic carbocycles. The van der Waals surface area contributed by atoms with Crippen LogP contribution in [-0.2, 0) is 22.5 Å². The van der Waals surface area contributed by atoms with Crippen LogP contribution in [0.15, 0.2) is 58.8 Å². The van der Waals surface area contributed by atoms with Gasteiger partial charge in [-0.3, -0.25) is 5.43 Å².